The van der Waals surface area contributed by atoms with Crippen molar-refractivity contribution in [2.24, 2.45) is 0 Å². The standard InChI is InChI=1S/C13H10N2OS/c1-9(16)15-5-4-11-6-10(2-3-13(11)15)12-7-17-8-14-12/h2-8H,1H3. The number of carbonyl (C=O) groups excluding carboxylic acids is 1. The summed E-state index contributed by atoms with van der Waals surface area (Å²) in [6.07, 6.45) is 1.80. The average Bonchev–Trinajstić information content (AvgIpc) is 2.97. The molecule has 3 nitrogen and oxygen atoms in total. The van der Waals surface area contributed by atoms with E-state index in [9.17, 15) is 4.79 Å². The Labute approximate surface area is 102 Å². The van der Waals surface area contributed by atoms with Crippen molar-refractivity contribution in [1.82, 2.24) is 9.55 Å². The zero-order valence-corrected chi connectivity index (χ0v) is 10.1. The van der Waals surface area contributed by atoms with Gasteiger partial charge in [-0.25, -0.2) is 4.98 Å². The first-order chi connectivity index (χ1) is 8.25. The molecule has 1 aromatic carbocycles. The van der Waals surface area contributed by atoms with E-state index in [0.717, 1.165) is 22.2 Å². The van der Waals surface area contributed by atoms with E-state index in [1.807, 2.05) is 29.1 Å². The van der Waals surface area contributed by atoms with Gasteiger partial charge in [0.25, 0.3) is 0 Å². The molecule has 2 aromatic heterocycles. The summed E-state index contributed by atoms with van der Waals surface area (Å²) < 4.78 is 1.65. The maximum Gasteiger partial charge on any atom is 0.227 e. The predicted molar refractivity (Wildman–Crippen MR) is 69.3 cm³/mol. The van der Waals surface area contributed by atoms with Crippen LogP contribution in [0.5, 0.6) is 0 Å². The molecular weight excluding hydrogens is 232 g/mol. The monoisotopic (exact) mass is 242 g/mol. The minimum Gasteiger partial charge on any atom is -0.287 e. The summed E-state index contributed by atoms with van der Waals surface area (Å²) in [6, 6.07) is 7.97. The summed E-state index contributed by atoms with van der Waals surface area (Å²) in [4.78, 5) is 15.7. The molecule has 3 rings (SSSR count). The number of fused-ring (bicyclic) bond motifs is 1. The quantitative estimate of drug-likeness (QED) is 0.655. The van der Waals surface area contributed by atoms with Gasteiger partial charge in [-0.3, -0.25) is 9.36 Å². The Kier molecular flexibility index (Phi) is 2.30. The third-order valence-corrected chi connectivity index (χ3v) is 3.34. The Hall–Kier alpha value is -1.94. The van der Waals surface area contributed by atoms with Crippen molar-refractivity contribution in [3.05, 3.63) is 41.4 Å². The van der Waals surface area contributed by atoms with E-state index in [-0.39, 0.29) is 5.91 Å². The number of aromatic nitrogens is 2. The molecule has 0 fully saturated rings. The minimum atomic E-state index is 0.0291. The molecule has 0 amide bonds. The normalized spacial score (nSPS) is 10.9. The lowest BCUT2D eigenvalue weighted by atomic mass is 10.1. The van der Waals surface area contributed by atoms with Crippen molar-refractivity contribution in [1.29, 1.82) is 0 Å². The minimum absolute atomic E-state index is 0.0291. The van der Waals surface area contributed by atoms with Crippen LogP contribution in [0, 0.1) is 0 Å². The van der Waals surface area contributed by atoms with Gasteiger partial charge < -0.3 is 0 Å². The molecule has 0 unspecified atom stereocenters. The van der Waals surface area contributed by atoms with E-state index >= 15 is 0 Å². The van der Waals surface area contributed by atoms with Crippen LogP contribution in [0.2, 0.25) is 0 Å². The number of hydrogen-bond donors (Lipinski definition) is 0. The average molecular weight is 242 g/mol. The first-order valence-corrected chi connectivity index (χ1v) is 6.20. The van der Waals surface area contributed by atoms with Crippen molar-refractivity contribution in [3.8, 4) is 11.3 Å². The van der Waals surface area contributed by atoms with Crippen LogP contribution in [0.15, 0.2) is 41.4 Å². The predicted octanol–water partition coefficient (Wildman–Crippen LogP) is 3.42. The van der Waals surface area contributed by atoms with E-state index in [1.54, 1.807) is 29.0 Å². The molecule has 0 N–H and O–H groups in total. The van der Waals surface area contributed by atoms with Gasteiger partial charge in [-0.15, -0.1) is 11.3 Å². The van der Waals surface area contributed by atoms with Crippen LogP contribution in [-0.4, -0.2) is 15.5 Å². The van der Waals surface area contributed by atoms with Crippen LogP contribution in [0.3, 0.4) is 0 Å². The fourth-order valence-electron chi connectivity index (χ4n) is 1.93. The number of carbonyl (C=O) groups is 1. The van der Waals surface area contributed by atoms with Crippen LogP contribution in [0.25, 0.3) is 22.2 Å². The van der Waals surface area contributed by atoms with Gasteiger partial charge in [0.2, 0.25) is 5.91 Å². The zero-order valence-electron chi connectivity index (χ0n) is 9.25. The first-order valence-electron chi connectivity index (χ1n) is 5.26. The van der Waals surface area contributed by atoms with E-state index in [1.165, 1.54) is 0 Å². The van der Waals surface area contributed by atoms with Gasteiger partial charge in [-0.05, 0) is 18.2 Å². The molecule has 84 valence electrons. The lowest BCUT2D eigenvalue weighted by molar-refractivity contribution is 0.0941. The topological polar surface area (TPSA) is 34.9 Å². The number of benzene rings is 1. The maximum absolute atomic E-state index is 11.4. The second-order valence-corrected chi connectivity index (χ2v) is 4.57. The van der Waals surface area contributed by atoms with E-state index < -0.39 is 0 Å². The van der Waals surface area contributed by atoms with E-state index in [4.69, 9.17) is 0 Å². The first kappa shape index (κ1) is 10.2. The second kappa shape index (κ2) is 3.82. The maximum atomic E-state index is 11.4. The van der Waals surface area contributed by atoms with Crippen molar-refractivity contribution < 1.29 is 4.79 Å². The smallest absolute Gasteiger partial charge is 0.227 e. The molecule has 0 aliphatic carbocycles. The Balaban J connectivity index is 2.18. The van der Waals surface area contributed by atoms with Crippen LogP contribution >= 0.6 is 11.3 Å². The summed E-state index contributed by atoms with van der Waals surface area (Å²) >= 11 is 1.58. The lowest BCUT2D eigenvalue weighted by Crippen LogP contribution is -2.02. The summed E-state index contributed by atoms with van der Waals surface area (Å²) in [5.41, 5.74) is 4.82. The van der Waals surface area contributed by atoms with Crippen LogP contribution in [0.1, 0.15) is 11.7 Å². The Morgan fingerprint density at radius 2 is 2.24 bits per heavy atom. The molecule has 0 aliphatic heterocycles. The van der Waals surface area contributed by atoms with Crippen LogP contribution < -0.4 is 0 Å². The molecule has 0 aliphatic rings. The van der Waals surface area contributed by atoms with Gasteiger partial charge in [-0.1, -0.05) is 6.07 Å². The van der Waals surface area contributed by atoms with Crippen molar-refractivity contribution in [3.63, 3.8) is 0 Å². The molecule has 0 bridgehead atoms. The van der Waals surface area contributed by atoms with Gasteiger partial charge in [0.05, 0.1) is 16.7 Å². The van der Waals surface area contributed by atoms with Gasteiger partial charge in [0, 0.05) is 29.5 Å². The largest absolute Gasteiger partial charge is 0.287 e. The fourth-order valence-corrected chi connectivity index (χ4v) is 2.49. The summed E-state index contributed by atoms with van der Waals surface area (Å²) in [5, 5.41) is 3.08. The number of thiazole rings is 1. The fraction of sp³-hybridized carbons (Fsp3) is 0.0769. The van der Waals surface area contributed by atoms with Crippen molar-refractivity contribution >= 4 is 28.1 Å². The highest BCUT2D eigenvalue weighted by atomic mass is 32.1. The molecule has 0 saturated heterocycles. The highest BCUT2D eigenvalue weighted by molar-refractivity contribution is 7.07. The summed E-state index contributed by atoms with van der Waals surface area (Å²) in [5.74, 6) is 0.0291. The van der Waals surface area contributed by atoms with Gasteiger partial charge in [-0.2, -0.15) is 0 Å². The molecular formula is C13H10N2OS. The van der Waals surface area contributed by atoms with Gasteiger partial charge in [0.1, 0.15) is 0 Å². The van der Waals surface area contributed by atoms with Crippen molar-refractivity contribution in [2.75, 3.05) is 0 Å². The Morgan fingerprint density at radius 1 is 1.35 bits per heavy atom. The van der Waals surface area contributed by atoms with Crippen LogP contribution in [-0.2, 0) is 0 Å². The van der Waals surface area contributed by atoms with Gasteiger partial charge in [0.15, 0.2) is 0 Å². The third kappa shape index (κ3) is 1.66. The highest BCUT2D eigenvalue weighted by Crippen LogP contribution is 2.24. The summed E-state index contributed by atoms with van der Waals surface area (Å²) in [7, 11) is 0. The molecule has 3 aromatic rings. The highest BCUT2D eigenvalue weighted by Gasteiger charge is 2.06. The molecule has 0 atom stereocenters. The number of rotatable bonds is 1. The lowest BCUT2D eigenvalue weighted by Gasteiger charge is -2.01. The molecule has 0 radical (unpaired) electrons. The molecule has 4 heteroatoms. The van der Waals surface area contributed by atoms with Crippen molar-refractivity contribution in [2.45, 2.75) is 6.92 Å². The third-order valence-electron chi connectivity index (χ3n) is 2.76. The Morgan fingerprint density at radius 3 is 2.94 bits per heavy atom. The summed E-state index contributed by atoms with van der Waals surface area (Å²) in [6.45, 7) is 1.56. The Bertz CT molecular complexity index is 683. The molecule has 17 heavy (non-hydrogen) atoms. The molecule has 2 heterocycles. The number of nitrogens with zero attached hydrogens (tertiary/aromatic N) is 2. The molecule has 0 spiro atoms. The zero-order chi connectivity index (χ0) is 11.8. The van der Waals surface area contributed by atoms with E-state index in [0.29, 0.717) is 0 Å². The van der Waals surface area contributed by atoms with E-state index in [2.05, 4.69) is 11.1 Å². The van der Waals surface area contributed by atoms with Gasteiger partial charge >= 0.3 is 0 Å². The van der Waals surface area contributed by atoms with Crippen LogP contribution in [0.4, 0.5) is 0 Å². The molecule has 0 saturated carbocycles. The number of hydrogen-bond acceptors (Lipinski definition) is 3. The SMILES string of the molecule is CC(=O)n1ccc2cc(-c3cscn3)ccc21. The second-order valence-electron chi connectivity index (χ2n) is 3.85.